The van der Waals surface area contributed by atoms with Crippen LogP contribution in [0.3, 0.4) is 0 Å². The van der Waals surface area contributed by atoms with Gasteiger partial charge < -0.3 is 10.6 Å². The van der Waals surface area contributed by atoms with E-state index in [1.54, 1.807) is 0 Å². The second-order valence-corrected chi connectivity index (χ2v) is 7.23. The fraction of sp³-hybridized carbons (Fsp3) is 0.400. The molecule has 0 saturated heterocycles. The highest BCUT2D eigenvalue weighted by molar-refractivity contribution is 8.02. The number of nitrogens with zero attached hydrogens (tertiary/aromatic N) is 2. The van der Waals surface area contributed by atoms with Crippen LogP contribution >= 0.6 is 23.1 Å². The number of anilines is 2. The highest BCUT2D eigenvalue weighted by Crippen LogP contribution is 2.31. The Labute approximate surface area is 138 Å². The molecule has 7 heteroatoms. The zero-order valence-electron chi connectivity index (χ0n) is 12.9. The quantitative estimate of drug-likeness (QED) is 0.758. The molecule has 0 aliphatic heterocycles. The standard InChI is InChI=1S/C15H20N4OS2/c1-4-11-8-6-7-9-12(11)17-14-18-19-15(22-14)21-10(3)13(20)16-5-2/h6-10H,4-5H2,1-3H3,(H,16,20)(H,17,18). The van der Waals surface area contributed by atoms with Crippen molar-refractivity contribution in [1.29, 1.82) is 0 Å². The van der Waals surface area contributed by atoms with E-state index in [-0.39, 0.29) is 11.2 Å². The number of rotatable bonds is 7. The Balaban J connectivity index is 2.01. The molecule has 1 aromatic carbocycles. The molecule has 118 valence electrons. The monoisotopic (exact) mass is 336 g/mol. The van der Waals surface area contributed by atoms with E-state index < -0.39 is 0 Å². The molecule has 1 unspecified atom stereocenters. The number of carbonyl (C=O) groups is 1. The highest BCUT2D eigenvalue weighted by atomic mass is 32.2. The molecule has 2 N–H and O–H groups in total. The Hall–Kier alpha value is -1.60. The van der Waals surface area contributed by atoms with Crippen LogP contribution in [-0.4, -0.2) is 27.9 Å². The number of aromatic nitrogens is 2. The number of amides is 1. The molecule has 0 radical (unpaired) electrons. The lowest BCUT2D eigenvalue weighted by Gasteiger charge is -2.08. The van der Waals surface area contributed by atoms with E-state index >= 15 is 0 Å². The second-order valence-electron chi connectivity index (χ2n) is 4.66. The summed E-state index contributed by atoms with van der Waals surface area (Å²) in [5.41, 5.74) is 2.29. The van der Waals surface area contributed by atoms with Crippen molar-refractivity contribution in [1.82, 2.24) is 15.5 Å². The zero-order valence-corrected chi connectivity index (χ0v) is 14.6. The first-order valence-electron chi connectivity index (χ1n) is 7.26. The third-order valence-electron chi connectivity index (χ3n) is 3.04. The van der Waals surface area contributed by atoms with Gasteiger partial charge in [-0.25, -0.2) is 0 Å². The van der Waals surface area contributed by atoms with Crippen LogP contribution in [-0.2, 0) is 11.2 Å². The van der Waals surface area contributed by atoms with Crippen molar-refractivity contribution in [2.75, 3.05) is 11.9 Å². The summed E-state index contributed by atoms with van der Waals surface area (Å²) in [5.74, 6) is 0.0218. The molecule has 1 heterocycles. The summed E-state index contributed by atoms with van der Waals surface area (Å²) < 4.78 is 0.787. The SMILES string of the molecule is CCNC(=O)C(C)Sc1nnc(Nc2ccccc2CC)s1. The Morgan fingerprint density at radius 3 is 2.82 bits per heavy atom. The maximum atomic E-state index is 11.7. The Morgan fingerprint density at radius 1 is 1.32 bits per heavy atom. The largest absolute Gasteiger partial charge is 0.355 e. The molecule has 1 atom stereocenters. The highest BCUT2D eigenvalue weighted by Gasteiger charge is 2.16. The number of aryl methyl sites for hydroxylation is 1. The molecule has 1 aromatic heterocycles. The predicted molar refractivity (Wildman–Crippen MR) is 93.0 cm³/mol. The van der Waals surface area contributed by atoms with Gasteiger partial charge in [0.1, 0.15) is 0 Å². The van der Waals surface area contributed by atoms with Gasteiger partial charge >= 0.3 is 0 Å². The van der Waals surface area contributed by atoms with Crippen LogP contribution in [0.1, 0.15) is 26.3 Å². The number of benzene rings is 1. The normalized spacial score (nSPS) is 12.0. The van der Waals surface area contributed by atoms with Crippen molar-refractivity contribution >= 4 is 39.8 Å². The van der Waals surface area contributed by atoms with Gasteiger partial charge in [0, 0.05) is 12.2 Å². The van der Waals surface area contributed by atoms with Crippen molar-refractivity contribution in [2.45, 2.75) is 36.8 Å². The van der Waals surface area contributed by atoms with E-state index in [1.165, 1.54) is 28.7 Å². The number of thioether (sulfide) groups is 1. The van der Waals surface area contributed by atoms with Gasteiger partial charge in [0.2, 0.25) is 11.0 Å². The van der Waals surface area contributed by atoms with Gasteiger partial charge in [0.05, 0.1) is 5.25 Å². The van der Waals surface area contributed by atoms with Crippen molar-refractivity contribution in [3.63, 3.8) is 0 Å². The van der Waals surface area contributed by atoms with Gasteiger partial charge in [-0.2, -0.15) is 0 Å². The first kappa shape index (κ1) is 16.8. The minimum absolute atomic E-state index is 0.0218. The molecule has 0 fully saturated rings. The summed E-state index contributed by atoms with van der Waals surface area (Å²) >= 11 is 2.89. The molecular formula is C15H20N4OS2. The minimum atomic E-state index is -0.177. The maximum Gasteiger partial charge on any atom is 0.233 e. The maximum absolute atomic E-state index is 11.7. The van der Waals surface area contributed by atoms with E-state index in [2.05, 4.69) is 33.8 Å². The Kier molecular flexibility index (Phi) is 6.21. The fourth-order valence-electron chi connectivity index (χ4n) is 1.90. The molecule has 2 rings (SSSR count). The van der Waals surface area contributed by atoms with E-state index in [0.717, 1.165) is 21.6 Å². The van der Waals surface area contributed by atoms with Crippen molar-refractivity contribution in [2.24, 2.45) is 0 Å². The molecule has 0 aliphatic carbocycles. The average Bonchev–Trinajstić information content (AvgIpc) is 2.95. The van der Waals surface area contributed by atoms with Gasteiger partial charge in [0.25, 0.3) is 0 Å². The molecule has 5 nitrogen and oxygen atoms in total. The summed E-state index contributed by atoms with van der Waals surface area (Å²) in [6.07, 6.45) is 0.956. The molecule has 1 amide bonds. The topological polar surface area (TPSA) is 66.9 Å². The summed E-state index contributed by atoms with van der Waals surface area (Å²) in [7, 11) is 0. The van der Waals surface area contributed by atoms with E-state index in [4.69, 9.17) is 0 Å². The minimum Gasteiger partial charge on any atom is -0.355 e. The van der Waals surface area contributed by atoms with Gasteiger partial charge in [-0.1, -0.05) is 48.2 Å². The van der Waals surface area contributed by atoms with E-state index in [1.807, 2.05) is 32.0 Å². The van der Waals surface area contributed by atoms with Crippen LogP contribution in [0.4, 0.5) is 10.8 Å². The number of nitrogens with one attached hydrogen (secondary N) is 2. The second kappa shape index (κ2) is 8.14. The Bertz CT molecular complexity index is 630. The van der Waals surface area contributed by atoms with Gasteiger partial charge in [0.15, 0.2) is 4.34 Å². The molecule has 0 bridgehead atoms. The van der Waals surface area contributed by atoms with E-state index in [9.17, 15) is 4.79 Å². The lowest BCUT2D eigenvalue weighted by atomic mass is 10.1. The van der Waals surface area contributed by atoms with Crippen molar-refractivity contribution in [3.8, 4) is 0 Å². The average molecular weight is 336 g/mol. The lowest BCUT2D eigenvalue weighted by molar-refractivity contribution is -0.120. The Morgan fingerprint density at radius 2 is 2.09 bits per heavy atom. The third kappa shape index (κ3) is 4.45. The molecule has 2 aromatic rings. The van der Waals surface area contributed by atoms with Gasteiger partial charge in [-0.15, -0.1) is 10.2 Å². The zero-order chi connectivity index (χ0) is 15.9. The molecular weight excluding hydrogens is 316 g/mol. The first-order valence-corrected chi connectivity index (χ1v) is 8.96. The number of hydrogen-bond acceptors (Lipinski definition) is 6. The van der Waals surface area contributed by atoms with Gasteiger partial charge in [-0.3, -0.25) is 4.79 Å². The van der Waals surface area contributed by atoms with Crippen LogP contribution in [0.15, 0.2) is 28.6 Å². The summed E-state index contributed by atoms with van der Waals surface area (Å²) in [5, 5.41) is 15.0. The molecule has 0 saturated carbocycles. The molecule has 0 spiro atoms. The smallest absolute Gasteiger partial charge is 0.233 e. The number of carbonyl (C=O) groups excluding carboxylic acids is 1. The van der Waals surface area contributed by atoms with Crippen LogP contribution in [0, 0.1) is 0 Å². The molecule has 22 heavy (non-hydrogen) atoms. The van der Waals surface area contributed by atoms with Crippen LogP contribution in [0.25, 0.3) is 0 Å². The summed E-state index contributed by atoms with van der Waals surface area (Å²) in [6, 6.07) is 8.15. The number of hydrogen-bond donors (Lipinski definition) is 2. The molecule has 0 aliphatic rings. The van der Waals surface area contributed by atoms with Crippen molar-refractivity contribution < 1.29 is 4.79 Å². The van der Waals surface area contributed by atoms with Crippen molar-refractivity contribution in [3.05, 3.63) is 29.8 Å². The predicted octanol–water partition coefficient (Wildman–Crippen LogP) is 3.46. The van der Waals surface area contributed by atoms with Crippen LogP contribution < -0.4 is 10.6 Å². The fourth-order valence-corrected chi connectivity index (χ4v) is 3.83. The van der Waals surface area contributed by atoms with Crippen LogP contribution in [0.5, 0.6) is 0 Å². The third-order valence-corrected chi connectivity index (χ3v) is 5.07. The van der Waals surface area contributed by atoms with Crippen LogP contribution in [0.2, 0.25) is 0 Å². The number of para-hydroxylation sites is 1. The summed E-state index contributed by atoms with van der Waals surface area (Å²) in [4.78, 5) is 11.7. The lowest BCUT2D eigenvalue weighted by Crippen LogP contribution is -2.30. The van der Waals surface area contributed by atoms with E-state index in [0.29, 0.717) is 6.54 Å². The van der Waals surface area contributed by atoms with Gasteiger partial charge in [-0.05, 0) is 31.9 Å². The first-order chi connectivity index (χ1) is 10.6. The summed E-state index contributed by atoms with van der Waals surface area (Å²) in [6.45, 7) is 6.54.